The fraction of sp³-hybridized carbons (Fsp3) is 0.471. The standard InChI is InChI=1S/C17H22N4O2/c1-13-3-8-17(18-11-13)23-15-6-4-14(5-7-15)20-16(22)12-21-10-2-9-19-21/h2-3,8-11,14-15H,4-7,12H2,1H3,(H,20,22). The van der Waals surface area contributed by atoms with Crippen LogP contribution in [0.1, 0.15) is 31.2 Å². The first-order chi connectivity index (χ1) is 11.2. The Balaban J connectivity index is 1.41. The minimum absolute atomic E-state index is 0.0123. The zero-order valence-electron chi connectivity index (χ0n) is 13.3. The third-order valence-electron chi connectivity index (χ3n) is 4.08. The zero-order valence-corrected chi connectivity index (χ0v) is 13.3. The van der Waals surface area contributed by atoms with Crippen LogP contribution >= 0.6 is 0 Å². The minimum Gasteiger partial charge on any atom is -0.474 e. The molecule has 23 heavy (non-hydrogen) atoms. The maximum absolute atomic E-state index is 12.0. The molecule has 0 aliphatic heterocycles. The van der Waals surface area contributed by atoms with Gasteiger partial charge in [0.2, 0.25) is 11.8 Å². The lowest BCUT2D eigenvalue weighted by molar-refractivity contribution is -0.122. The summed E-state index contributed by atoms with van der Waals surface area (Å²) in [4.78, 5) is 16.2. The largest absolute Gasteiger partial charge is 0.474 e. The number of pyridine rings is 1. The lowest BCUT2D eigenvalue weighted by Crippen LogP contribution is -2.41. The molecule has 1 aliphatic rings. The van der Waals surface area contributed by atoms with Crippen molar-refractivity contribution >= 4 is 5.91 Å². The predicted molar refractivity (Wildman–Crippen MR) is 86.0 cm³/mol. The summed E-state index contributed by atoms with van der Waals surface area (Å²) in [6.07, 6.45) is 9.20. The third-order valence-corrected chi connectivity index (χ3v) is 4.08. The monoisotopic (exact) mass is 314 g/mol. The van der Waals surface area contributed by atoms with E-state index in [1.807, 2.05) is 31.3 Å². The number of rotatable bonds is 5. The highest BCUT2D eigenvalue weighted by Crippen LogP contribution is 2.23. The van der Waals surface area contributed by atoms with E-state index in [1.165, 1.54) is 0 Å². The SMILES string of the molecule is Cc1ccc(OC2CCC(NC(=O)Cn3cccn3)CC2)nc1. The van der Waals surface area contributed by atoms with Crippen molar-refractivity contribution in [1.82, 2.24) is 20.1 Å². The van der Waals surface area contributed by atoms with E-state index < -0.39 is 0 Å². The maximum atomic E-state index is 12.0. The molecule has 1 N–H and O–H groups in total. The maximum Gasteiger partial charge on any atom is 0.241 e. The van der Waals surface area contributed by atoms with Gasteiger partial charge >= 0.3 is 0 Å². The Bertz CT molecular complexity index is 617. The molecule has 0 radical (unpaired) electrons. The molecule has 0 spiro atoms. The number of hydrogen-bond donors (Lipinski definition) is 1. The Kier molecular flexibility index (Phi) is 4.90. The lowest BCUT2D eigenvalue weighted by Gasteiger charge is -2.29. The van der Waals surface area contributed by atoms with Crippen molar-refractivity contribution in [2.45, 2.75) is 51.3 Å². The summed E-state index contributed by atoms with van der Waals surface area (Å²) in [6.45, 7) is 2.28. The number of aromatic nitrogens is 3. The van der Waals surface area contributed by atoms with Crippen molar-refractivity contribution in [2.24, 2.45) is 0 Å². The van der Waals surface area contributed by atoms with Gasteiger partial charge in [0, 0.05) is 30.7 Å². The molecule has 0 saturated heterocycles. The predicted octanol–water partition coefficient (Wildman–Crippen LogP) is 2.09. The molecule has 3 rings (SSSR count). The lowest BCUT2D eigenvalue weighted by atomic mass is 9.93. The highest BCUT2D eigenvalue weighted by atomic mass is 16.5. The number of ether oxygens (including phenoxy) is 1. The summed E-state index contributed by atoms with van der Waals surface area (Å²) in [5.41, 5.74) is 1.13. The fourth-order valence-electron chi connectivity index (χ4n) is 2.83. The van der Waals surface area contributed by atoms with E-state index in [1.54, 1.807) is 17.1 Å². The van der Waals surface area contributed by atoms with Crippen LogP contribution in [0.5, 0.6) is 5.88 Å². The van der Waals surface area contributed by atoms with E-state index in [2.05, 4.69) is 15.4 Å². The van der Waals surface area contributed by atoms with Gasteiger partial charge in [0.25, 0.3) is 0 Å². The van der Waals surface area contributed by atoms with Crippen LogP contribution in [0.3, 0.4) is 0 Å². The molecule has 1 saturated carbocycles. The number of amides is 1. The van der Waals surface area contributed by atoms with Crippen molar-refractivity contribution in [3.05, 3.63) is 42.4 Å². The number of nitrogens with zero attached hydrogens (tertiary/aromatic N) is 3. The molecule has 0 unspecified atom stereocenters. The van der Waals surface area contributed by atoms with E-state index >= 15 is 0 Å². The summed E-state index contributed by atoms with van der Waals surface area (Å²) in [5, 5.41) is 7.12. The molecule has 0 atom stereocenters. The summed E-state index contributed by atoms with van der Waals surface area (Å²) >= 11 is 0. The summed E-state index contributed by atoms with van der Waals surface area (Å²) in [7, 11) is 0. The van der Waals surface area contributed by atoms with E-state index in [0.717, 1.165) is 31.2 Å². The topological polar surface area (TPSA) is 69.0 Å². The Morgan fingerprint density at radius 2 is 2.17 bits per heavy atom. The van der Waals surface area contributed by atoms with Crippen molar-refractivity contribution in [1.29, 1.82) is 0 Å². The van der Waals surface area contributed by atoms with E-state index in [9.17, 15) is 4.79 Å². The Hall–Kier alpha value is -2.37. The highest BCUT2D eigenvalue weighted by Gasteiger charge is 2.23. The minimum atomic E-state index is 0.0123. The summed E-state index contributed by atoms with van der Waals surface area (Å²) in [6, 6.07) is 5.95. The average molecular weight is 314 g/mol. The second-order valence-electron chi connectivity index (χ2n) is 6.04. The van der Waals surface area contributed by atoms with Crippen LogP contribution in [0.4, 0.5) is 0 Å². The first-order valence-electron chi connectivity index (χ1n) is 8.05. The van der Waals surface area contributed by atoms with E-state index in [4.69, 9.17) is 4.74 Å². The summed E-state index contributed by atoms with van der Waals surface area (Å²) in [5.74, 6) is 0.694. The molecule has 1 aliphatic carbocycles. The van der Waals surface area contributed by atoms with Gasteiger partial charge in [-0.05, 0) is 44.2 Å². The number of hydrogen-bond acceptors (Lipinski definition) is 4. The smallest absolute Gasteiger partial charge is 0.241 e. The molecule has 122 valence electrons. The number of carbonyl (C=O) groups is 1. The van der Waals surface area contributed by atoms with Gasteiger partial charge in [-0.15, -0.1) is 0 Å². The molecule has 2 aromatic rings. The van der Waals surface area contributed by atoms with Gasteiger partial charge in [-0.1, -0.05) is 6.07 Å². The second-order valence-corrected chi connectivity index (χ2v) is 6.04. The van der Waals surface area contributed by atoms with Crippen LogP contribution in [0.2, 0.25) is 0 Å². The Labute approximate surface area is 135 Å². The van der Waals surface area contributed by atoms with Crippen LogP contribution in [0.15, 0.2) is 36.8 Å². The first-order valence-corrected chi connectivity index (χ1v) is 8.05. The highest BCUT2D eigenvalue weighted by molar-refractivity contribution is 5.75. The van der Waals surface area contributed by atoms with Crippen LogP contribution in [0, 0.1) is 6.92 Å². The molecule has 2 heterocycles. The van der Waals surface area contributed by atoms with Crippen molar-refractivity contribution in [3.63, 3.8) is 0 Å². The normalized spacial score (nSPS) is 20.9. The fourth-order valence-corrected chi connectivity index (χ4v) is 2.83. The molecule has 1 fully saturated rings. The molecule has 0 bridgehead atoms. The molecular weight excluding hydrogens is 292 g/mol. The Morgan fingerprint density at radius 1 is 1.35 bits per heavy atom. The molecule has 2 aromatic heterocycles. The molecule has 1 amide bonds. The summed E-state index contributed by atoms with van der Waals surface area (Å²) < 4.78 is 7.54. The van der Waals surface area contributed by atoms with Crippen molar-refractivity contribution in [2.75, 3.05) is 0 Å². The van der Waals surface area contributed by atoms with Crippen molar-refractivity contribution in [3.8, 4) is 5.88 Å². The van der Waals surface area contributed by atoms with Gasteiger partial charge in [-0.3, -0.25) is 9.48 Å². The average Bonchev–Trinajstić information content (AvgIpc) is 3.04. The van der Waals surface area contributed by atoms with Crippen LogP contribution in [0.25, 0.3) is 0 Å². The van der Waals surface area contributed by atoms with E-state index in [0.29, 0.717) is 5.88 Å². The van der Waals surface area contributed by atoms with Crippen LogP contribution < -0.4 is 10.1 Å². The van der Waals surface area contributed by atoms with Gasteiger partial charge in [0.1, 0.15) is 12.6 Å². The molecule has 6 heteroatoms. The first kappa shape index (κ1) is 15.5. The van der Waals surface area contributed by atoms with Crippen LogP contribution in [-0.4, -0.2) is 32.8 Å². The van der Waals surface area contributed by atoms with Gasteiger partial charge in [0.05, 0.1) is 0 Å². The van der Waals surface area contributed by atoms with Crippen LogP contribution in [-0.2, 0) is 11.3 Å². The van der Waals surface area contributed by atoms with Crippen molar-refractivity contribution < 1.29 is 9.53 Å². The number of aryl methyl sites for hydroxylation is 1. The van der Waals surface area contributed by atoms with Gasteiger partial charge in [-0.2, -0.15) is 5.10 Å². The Morgan fingerprint density at radius 3 is 2.83 bits per heavy atom. The molecule has 0 aromatic carbocycles. The zero-order chi connectivity index (χ0) is 16.1. The quantitative estimate of drug-likeness (QED) is 0.917. The van der Waals surface area contributed by atoms with Gasteiger partial charge in [-0.25, -0.2) is 4.98 Å². The number of carbonyl (C=O) groups excluding carboxylic acids is 1. The third kappa shape index (κ3) is 4.55. The number of nitrogens with one attached hydrogen (secondary N) is 1. The second kappa shape index (κ2) is 7.26. The molecule has 6 nitrogen and oxygen atoms in total. The van der Waals surface area contributed by atoms with E-state index in [-0.39, 0.29) is 24.6 Å². The van der Waals surface area contributed by atoms with Gasteiger partial charge in [0.15, 0.2) is 0 Å². The van der Waals surface area contributed by atoms with Gasteiger partial charge < -0.3 is 10.1 Å². The molecular formula is C17H22N4O2.